The van der Waals surface area contributed by atoms with Crippen LogP contribution >= 0.6 is 0 Å². The molecule has 1 heterocycles. The fourth-order valence-corrected chi connectivity index (χ4v) is 3.25. The summed E-state index contributed by atoms with van der Waals surface area (Å²) in [6.45, 7) is 3.82. The molecule has 2 aromatic rings. The van der Waals surface area contributed by atoms with Crippen molar-refractivity contribution in [2.45, 2.75) is 45.3 Å². The number of benzene rings is 2. The van der Waals surface area contributed by atoms with E-state index in [1.165, 1.54) is 32.1 Å². The molecular formula is C22H28O3. The maximum Gasteiger partial charge on any atom is 0.183 e. The zero-order valence-corrected chi connectivity index (χ0v) is 15.0. The van der Waals surface area contributed by atoms with Gasteiger partial charge < -0.3 is 14.6 Å². The predicted molar refractivity (Wildman–Crippen MR) is 100 cm³/mol. The average Bonchev–Trinajstić information content (AvgIpc) is 2.67. The van der Waals surface area contributed by atoms with E-state index in [1.807, 2.05) is 12.1 Å². The first-order chi connectivity index (χ1) is 12.3. The van der Waals surface area contributed by atoms with Gasteiger partial charge in [-0.05, 0) is 29.7 Å². The number of unbranched alkanes of at least 4 members (excludes halogenated alkanes) is 3. The van der Waals surface area contributed by atoms with Gasteiger partial charge in [0.15, 0.2) is 6.29 Å². The van der Waals surface area contributed by atoms with Crippen LogP contribution in [0.4, 0.5) is 0 Å². The van der Waals surface area contributed by atoms with E-state index in [2.05, 4.69) is 31.2 Å². The van der Waals surface area contributed by atoms with Crippen LogP contribution in [0.25, 0.3) is 11.1 Å². The monoisotopic (exact) mass is 340 g/mol. The van der Waals surface area contributed by atoms with Crippen molar-refractivity contribution >= 4 is 0 Å². The summed E-state index contributed by atoms with van der Waals surface area (Å²) in [4.78, 5) is 0. The molecule has 3 rings (SSSR count). The van der Waals surface area contributed by atoms with Gasteiger partial charge in [0.05, 0.1) is 13.2 Å². The topological polar surface area (TPSA) is 38.7 Å². The fraction of sp³-hybridized carbons (Fsp3) is 0.455. The molecule has 1 aliphatic heterocycles. The molecule has 0 bridgehead atoms. The Balaban J connectivity index is 1.51. The molecule has 0 atom stereocenters. The minimum Gasteiger partial charge on any atom is -0.508 e. The second-order valence-corrected chi connectivity index (χ2v) is 6.88. The Morgan fingerprint density at radius 1 is 0.840 bits per heavy atom. The van der Waals surface area contributed by atoms with Crippen molar-refractivity contribution in [2.24, 2.45) is 5.92 Å². The van der Waals surface area contributed by atoms with Crippen LogP contribution in [0.1, 0.15) is 50.9 Å². The number of hydrogen-bond acceptors (Lipinski definition) is 3. The van der Waals surface area contributed by atoms with Gasteiger partial charge in [0.25, 0.3) is 0 Å². The summed E-state index contributed by atoms with van der Waals surface area (Å²) in [5, 5.41) is 9.39. The third-order valence-electron chi connectivity index (χ3n) is 4.82. The van der Waals surface area contributed by atoms with Crippen molar-refractivity contribution < 1.29 is 14.6 Å². The summed E-state index contributed by atoms with van der Waals surface area (Å²) in [6.07, 6.45) is 6.14. The van der Waals surface area contributed by atoms with Crippen molar-refractivity contribution in [3.63, 3.8) is 0 Å². The Morgan fingerprint density at radius 3 is 2.04 bits per heavy atom. The smallest absolute Gasteiger partial charge is 0.183 e. The summed E-state index contributed by atoms with van der Waals surface area (Å²) in [5.41, 5.74) is 3.27. The molecule has 134 valence electrons. The number of rotatable bonds is 7. The molecule has 1 saturated heterocycles. The molecule has 0 amide bonds. The standard InChI is InChI=1S/C22H28O3/c1-2-3-4-5-6-17-15-24-22(25-16-17)20-9-7-18(8-10-20)19-11-13-21(23)14-12-19/h7-14,17,22-23H,2-6,15-16H2,1H3. The molecule has 2 aromatic carbocycles. The van der Waals surface area contributed by atoms with E-state index >= 15 is 0 Å². The van der Waals surface area contributed by atoms with Crippen LogP contribution in [-0.2, 0) is 9.47 Å². The van der Waals surface area contributed by atoms with Gasteiger partial charge in [0.2, 0.25) is 0 Å². The molecule has 3 heteroatoms. The highest BCUT2D eigenvalue weighted by Crippen LogP contribution is 2.29. The Morgan fingerprint density at radius 2 is 1.44 bits per heavy atom. The molecule has 0 spiro atoms. The highest BCUT2D eigenvalue weighted by molar-refractivity contribution is 5.64. The lowest BCUT2D eigenvalue weighted by Crippen LogP contribution is -2.27. The van der Waals surface area contributed by atoms with Gasteiger partial charge in [-0.25, -0.2) is 0 Å². The van der Waals surface area contributed by atoms with E-state index < -0.39 is 0 Å². The molecule has 1 N–H and O–H groups in total. The lowest BCUT2D eigenvalue weighted by atomic mass is 10.0. The SMILES string of the molecule is CCCCCCC1COC(c2ccc(-c3ccc(O)cc3)cc2)OC1. The Labute approximate surface area is 150 Å². The molecule has 0 radical (unpaired) electrons. The fourth-order valence-electron chi connectivity index (χ4n) is 3.25. The average molecular weight is 340 g/mol. The second-order valence-electron chi connectivity index (χ2n) is 6.88. The Bertz CT molecular complexity index is 625. The summed E-state index contributed by atoms with van der Waals surface area (Å²) in [6, 6.07) is 15.5. The van der Waals surface area contributed by atoms with Crippen molar-refractivity contribution in [3.8, 4) is 16.9 Å². The summed E-state index contributed by atoms with van der Waals surface area (Å²) < 4.78 is 11.9. The first-order valence-electron chi connectivity index (χ1n) is 9.39. The van der Waals surface area contributed by atoms with Gasteiger partial charge in [0, 0.05) is 11.5 Å². The molecule has 0 unspecified atom stereocenters. The minimum atomic E-state index is -0.249. The second kappa shape index (κ2) is 9.02. The van der Waals surface area contributed by atoms with Crippen LogP contribution in [0.15, 0.2) is 48.5 Å². The van der Waals surface area contributed by atoms with Crippen LogP contribution in [0.2, 0.25) is 0 Å². The summed E-state index contributed by atoms with van der Waals surface area (Å²) in [5.74, 6) is 0.818. The number of hydrogen-bond donors (Lipinski definition) is 1. The maximum absolute atomic E-state index is 9.39. The molecule has 0 aromatic heterocycles. The third-order valence-corrected chi connectivity index (χ3v) is 4.82. The number of aromatic hydroxyl groups is 1. The predicted octanol–water partition coefficient (Wildman–Crippen LogP) is 5.69. The number of ether oxygens (including phenoxy) is 2. The van der Waals surface area contributed by atoms with E-state index in [9.17, 15) is 5.11 Å². The lowest BCUT2D eigenvalue weighted by Gasteiger charge is -2.29. The summed E-state index contributed by atoms with van der Waals surface area (Å²) >= 11 is 0. The third kappa shape index (κ3) is 5.07. The van der Waals surface area contributed by atoms with Crippen LogP contribution in [0.5, 0.6) is 5.75 Å². The van der Waals surface area contributed by atoms with E-state index in [4.69, 9.17) is 9.47 Å². The van der Waals surface area contributed by atoms with Crippen LogP contribution < -0.4 is 0 Å². The molecule has 3 nitrogen and oxygen atoms in total. The summed E-state index contributed by atoms with van der Waals surface area (Å²) in [7, 11) is 0. The first kappa shape index (κ1) is 18.0. The first-order valence-corrected chi connectivity index (χ1v) is 9.39. The molecule has 0 saturated carbocycles. The van der Waals surface area contributed by atoms with Gasteiger partial charge in [-0.1, -0.05) is 69.0 Å². The number of phenols is 1. The van der Waals surface area contributed by atoms with Crippen molar-refractivity contribution in [1.82, 2.24) is 0 Å². The normalized spacial score (nSPS) is 20.5. The largest absolute Gasteiger partial charge is 0.508 e. The van der Waals surface area contributed by atoms with Gasteiger partial charge in [-0.2, -0.15) is 0 Å². The van der Waals surface area contributed by atoms with Crippen LogP contribution in [0.3, 0.4) is 0 Å². The molecule has 25 heavy (non-hydrogen) atoms. The van der Waals surface area contributed by atoms with Gasteiger partial charge >= 0.3 is 0 Å². The van der Waals surface area contributed by atoms with Crippen LogP contribution in [-0.4, -0.2) is 18.3 Å². The van der Waals surface area contributed by atoms with E-state index in [1.54, 1.807) is 12.1 Å². The van der Waals surface area contributed by atoms with E-state index in [-0.39, 0.29) is 12.0 Å². The Kier molecular flexibility index (Phi) is 6.48. The van der Waals surface area contributed by atoms with Gasteiger partial charge in [-0.3, -0.25) is 0 Å². The molecule has 1 aliphatic rings. The maximum atomic E-state index is 9.39. The minimum absolute atomic E-state index is 0.249. The molecular weight excluding hydrogens is 312 g/mol. The quantitative estimate of drug-likeness (QED) is 0.658. The highest BCUT2D eigenvalue weighted by Gasteiger charge is 2.23. The van der Waals surface area contributed by atoms with Crippen molar-refractivity contribution in [1.29, 1.82) is 0 Å². The zero-order chi connectivity index (χ0) is 17.5. The van der Waals surface area contributed by atoms with Crippen molar-refractivity contribution in [3.05, 3.63) is 54.1 Å². The van der Waals surface area contributed by atoms with Gasteiger partial charge in [-0.15, -0.1) is 0 Å². The Hall–Kier alpha value is -1.84. The highest BCUT2D eigenvalue weighted by atomic mass is 16.7. The lowest BCUT2D eigenvalue weighted by molar-refractivity contribution is -0.206. The number of phenolic OH excluding ortho intramolecular Hbond substituents is 1. The van der Waals surface area contributed by atoms with Crippen molar-refractivity contribution in [2.75, 3.05) is 13.2 Å². The molecule has 1 fully saturated rings. The van der Waals surface area contributed by atoms with Gasteiger partial charge in [0.1, 0.15) is 5.75 Å². The molecule has 0 aliphatic carbocycles. The zero-order valence-electron chi connectivity index (χ0n) is 15.0. The van der Waals surface area contributed by atoms with Crippen LogP contribution in [0, 0.1) is 5.92 Å². The van der Waals surface area contributed by atoms with E-state index in [0.717, 1.165) is 29.9 Å². The van der Waals surface area contributed by atoms with E-state index in [0.29, 0.717) is 5.92 Å².